The summed E-state index contributed by atoms with van der Waals surface area (Å²) in [5.74, 6) is 0.137. The van der Waals surface area contributed by atoms with Gasteiger partial charge in [0.1, 0.15) is 13.2 Å². The van der Waals surface area contributed by atoms with E-state index >= 15 is 0 Å². The maximum atomic E-state index is 11.5. The van der Waals surface area contributed by atoms with Crippen molar-refractivity contribution < 1.29 is 23.6 Å². The standard InChI is InChI=1S/C10H22NO2.C9H16NO2/c1-6-9(2)10(12)13-8-7-11(3,4)5;1-3-7(2)9(11)8-5-4-6-10(8)12/h9H,6-8H2,1-5H3;7-8H,3-6H2,1-2H3/q2*+1. The Labute approximate surface area is 153 Å². The lowest BCUT2D eigenvalue weighted by Crippen LogP contribution is -2.38. The molecule has 1 heterocycles. The van der Waals surface area contributed by atoms with E-state index in [9.17, 15) is 14.5 Å². The summed E-state index contributed by atoms with van der Waals surface area (Å²) in [6.45, 7) is 9.68. The third-order valence-electron chi connectivity index (χ3n) is 4.65. The molecule has 6 nitrogen and oxygen atoms in total. The molecule has 3 atom stereocenters. The van der Waals surface area contributed by atoms with Crippen molar-refractivity contribution in [2.45, 2.75) is 59.4 Å². The zero-order valence-corrected chi connectivity index (χ0v) is 17.2. The van der Waals surface area contributed by atoms with E-state index in [0.29, 0.717) is 13.2 Å². The molecule has 1 aliphatic heterocycles. The lowest BCUT2D eigenvalue weighted by atomic mass is 9.97. The van der Waals surface area contributed by atoms with E-state index in [-0.39, 0.29) is 29.6 Å². The van der Waals surface area contributed by atoms with E-state index in [1.54, 1.807) is 0 Å². The SMILES string of the molecule is CCC(C)C(=O)C1CCC[N+]1=O.CCC(C)C(=O)OCC[N+](C)(C)C. The van der Waals surface area contributed by atoms with E-state index in [1.165, 1.54) is 0 Å². The molecule has 0 radical (unpaired) electrons. The van der Waals surface area contributed by atoms with Crippen molar-refractivity contribution in [1.29, 1.82) is 0 Å². The lowest BCUT2D eigenvalue weighted by Gasteiger charge is -2.23. The number of nitrogens with zero attached hydrogens (tertiary/aromatic N) is 2. The lowest BCUT2D eigenvalue weighted by molar-refractivity contribution is -0.870. The van der Waals surface area contributed by atoms with Crippen LogP contribution in [0.4, 0.5) is 0 Å². The number of hydrogen-bond donors (Lipinski definition) is 0. The van der Waals surface area contributed by atoms with E-state index < -0.39 is 0 Å². The molecule has 1 aliphatic rings. The highest BCUT2D eigenvalue weighted by Gasteiger charge is 2.39. The zero-order valence-electron chi connectivity index (χ0n) is 17.2. The Bertz CT molecular complexity index is 443. The topological polar surface area (TPSA) is 63.5 Å². The van der Waals surface area contributed by atoms with Crippen LogP contribution in [0.15, 0.2) is 0 Å². The van der Waals surface area contributed by atoms with Crippen molar-refractivity contribution >= 4 is 11.8 Å². The van der Waals surface area contributed by atoms with Crippen LogP contribution in [-0.2, 0) is 14.3 Å². The van der Waals surface area contributed by atoms with Gasteiger partial charge in [0.25, 0.3) is 6.04 Å². The number of rotatable bonds is 8. The van der Waals surface area contributed by atoms with Crippen molar-refractivity contribution in [2.75, 3.05) is 40.8 Å². The van der Waals surface area contributed by atoms with Crippen LogP contribution in [0.5, 0.6) is 0 Å². The number of ketones is 1. The van der Waals surface area contributed by atoms with Crippen molar-refractivity contribution in [3.05, 3.63) is 4.91 Å². The number of esters is 1. The number of carbonyl (C=O) groups is 2. The van der Waals surface area contributed by atoms with Crippen LogP contribution in [-0.4, -0.2) is 67.9 Å². The fourth-order valence-electron chi connectivity index (χ4n) is 2.28. The van der Waals surface area contributed by atoms with Crippen molar-refractivity contribution in [2.24, 2.45) is 11.8 Å². The molecule has 0 bridgehead atoms. The summed E-state index contributed by atoms with van der Waals surface area (Å²) in [4.78, 5) is 33.9. The van der Waals surface area contributed by atoms with Gasteiger partial charge < -0.3 is 9.22 Å². The Hall–Kier alpha value is -1.30. The van der Waals surface area contributed by atoms with Crippen LogP contribution >= 0.6 is 0 Å². The minimum Gasteiger partial charge on any atom is -0.459 e. The summed E-state index contributed by atoms with van der Waals surface area (Å²) in [7, 11) is 6.24. The molecule has 25 heavy (non-hydrogen) atoms. The van der Waals surface area contributed by atoms with E-state index in [4.69, 9.17) is 4.74 Å². The molecule has 0 N–H and O–H groups in total. The van der Waals surface area contributed by atoms with E-state index in [2.05, 4.69) is 21.1 Å². The molecule has 0 aromatic heterocycles. The molecular formula is C19H38N2O4+2. The summed E-state index contributed by atoms with van der Waals surface area (Å²) >= 11 is 0. The second-order valence-electron chi connectivity index (χ2n) is 8.00. The normalized spacial score (nSPS) is 19.6. The van der Waals surface area contributed by atoms with E-state index in [1.807, 2.05) is 27.7 Å². The Balaban J connectivity index is 0.000000462. The first-order valence-electron chi connectivity index (χ1n) is 9.48. The van der Waals surface area contributed by atoms with Gasteiger partial charge in [0, 0.05) is 28.4 Å². The van der Waals surface area contributed by atoms with Crippen LogP contribution in [0.25, 0.3) is 0 Å². The molecule has 146 valence electrons. The average molecular weight is 359 g/mol. The predicted octanol–water partition coefficient (Wildman–Crippen LogP) is 2.82. The fourth-order valence-corrected chi connectivity index (χ4v) is 2.28. The van der Waals surface area contributed by atoms with Gasteiger partial charge in [0.05, 0.1) is 27.1 Å². The van der Waals surface area contributed by atoms with E-state index in [0.717, 1.165) is 41.5 Å². The number of hydrogen-bond acceptors (Lipinski definition) is 4. The van der Waals surface area contributed by atoms with Gasteiger partial charge in [-0.2, -0.15) is 0 Å². The molecule has 1 fully saturated rings. The quantitative estimate of drug-likeness (QED) is 0.380. The van der Waals surface area contributed by atoms with Gasteiger partial charge in [0.15, 0.2) is 6.54 Å². The minimum atomic E-state index is -0.333. The number of likely N-dealkylation sites (N-methyl/N-ethyl adjacent to an activating group) is 1. The van der Waals surface area contributed by atoms with Gasteiger partial charge >= 0.3 is 5.97 Å². The van der Waals surface area contributed by atoms with Crippen molar-refractivity contribution in [3.8, 4) is 0 Å². The van der Waals surface area contributed by atoms with Gasteiger partial charge in [-0.05, 0) is 12.8 Å². The zero-order chi connectivity index (χ0) is 19.6. The Morgan fingerprint density at radius 2 is 1.68 bits per heavy atom. The average Bonchev–Trinajstić information content (AvgIpc) is 2.97. The Kier molecular flexibility index (Phi) is 10.8. The first-order valence-corrected chi connectivity index (χ1v) is 9.48. The van der Waals surface area contributed by atoms with Gasteiger partial charge in [-0.15, -0.1) is 0 Å². The Morgan fingerprint density at radius 1 is 1.12 bits per heavy atom. The third kappa shape index (κ3) is 9.68. The molecule has 6 heteroatoms. The molecule has 3 unspecified atom stereocenters. The number of nitroso groups, excluding NO2 is 1. The maximum Gasteiger partial charge on any atom is 0.308 e. The van der Waals surface area contributed by atoms with Crippen LogP contribution in [0.1, 0.15) is 53.4 Å². The van der Waals surface area contributed by atoms with Crippen LogP contribution in [0.2, 0.25) is 0 Å². The second-order valence-corrected chi connectivity index (χ2v) is 8.00. The summed E-state index contributed by atoms with van der Waals surface area (Å²) < 4.78 is 6.88. The summed E-state index contributed by atoms with van der Waals surface area (Å²) in [5.41, 5.74) is 0. The Morgan fingerprint density at radius 3 is 2.08 bits per heavy atom. The number of Topliss-reactive ketones (excluding diaryl/α,β-unsaturated/α-hetero) is 1. The molecule has 0 saturated carbocycles. The number of quaternary nitrogens is 1. The highest BCUT2D eigenvalue weighted by molar-refractivity contribution is 5.84. The van der Waals surface area contributed by atoms with Gasteiger partial charge in [0.2, 0.25) is 5.78 Å². The molecule has 1 saturated heterocycles. The predicted molar refractivity (Wildman–Crippen MR) is 99.3 cm³/mol. The number of ether oxygens (including phenoxy) is 1. The fraction of sp³-hybridized carbons (Fsp3) is 0.895. The molecule has 0 aliphatic carbocycles. The molecule has 1 rings (SSSR count). The monoisotopic (exact) mass is 358 g/mol. The van der Waals surface area contributed by atoms with Crippen LogP contribution in [0.3, 0.4) is 0 Å². The highest BCUT2D eigenvalue weighted by atomic mass is 16.5. The molecular weight excluding hydrogens is 320 g/mol. The van der Waals surface area contributed by atoms with Crippen LogP contribution in [0, 0.1) is 16.7 Å². The highest BCUT2D eigenvalue weighted by Crippen LogP contribution is 2.17. The number of carbonyl (C=O) groups excluding carboxylic acids is 2. The molecule has 0 aromatic carbocycles. The molecule has 0 spiro atoms. The largest absolute Gasteiger partial charge is 0.459 e. The smallest absolute Gasteiger partial charge is 0.308 e. The second kappa shape index (κ2) is 11.3. The summed E-state index contributed by atoms with van der Waals surface area (Å²) in [5, 5.41) is 0. The first-order chi connectivity index (χ1) is 11.5. The van der Waals surface area contributed by atoms with Gasteiger partial charge in [-0.25, -0.2) is 0 Å². The van der Waals surface area contributed by atoms with Crippen molar-refractivity contribution in [1.82, 2.24) is 0 Å². The van der Waals surface area contributed by atoms with Crippen LogP contribution < -0.4 is 0 Å². The van der Waals surface area contributed by atoms with Crippen molar-refractivity contribution in [3.63, 3.8) is 0 Å². The molecule has 0 amide bonds. The van der Waals surface area contributed by atoms with Gasteiger partial charge in [-0.1, -0.05) is 27.7 Å². The third-order valence-corrected chi connectivity index (χ3v) is 4.65. The summed E-state index contributed by atoms with van der Waals surface area (Å²) in [6.07, 6.45) is 3.31. The van der Waals surface area contributed by atoms with Gasteiger partial charge in [-0.3, -0.25) is 9.59 Å². The maximum absolute atomic E-state index is 11.5. The first kappa shape index (κ1) is 23.7. The summed E-state index contributed by atoms with van der Waals surface area (Å²) in [6, 6.07) is -0.333. The molecule has 0 aromatic rings. The minimum absolute atomic E-state index is 0.0347.